The van der Waals surface area contributed by atoms with Crippen LogP contribution < -0.4 is 4.74 Å². The van der Waals surface area contributed by atoms with Gasteiger partial charge in [-0.3, -0.25) is 9.80 Å². The highest BCUT2D eigenvalue weighted by atomic mass is 19.1. The molecule has 3 rings (SSSR count). The molecule has 1 aliphatic heterocycles. The van der Waals surface area contributed by atoms with Crippen LogP contribution in [0.2, 0.25) is 0 Å². The molecule has 0 saturated carbocycles. The Labute approximate surface area is 135 Å². The van der Waals surface area contributed by atoms with Crippen LogP contribution in [0.5, 0.6) is 5.75 Å². The number of methoxy groups -OCH3 is 1. The van der Waals surface area contributed by atoms with Gasteiger partial charge < -0.3 is 4.74 Å². The van der Waals surface area contributed by atoms with Crippen LogP contribution in [0.3, 0.4) is 0 Å². The predicted octanol–water partition coefficient (Wildman–Crippen LogP) is 1.24. The first-order valence-electron chi connectivity index (χ1n) is 7.86. The first-order valence-corrected chi connectivity index (χ1v) is 7.86. The van der Waals surface area contributed by atoms with Crippen molar-refractivity contribution in [3.8, 4) is 5.75 Å². The van der Waals surface area contributed by atoms with Crippen LogP contribution in [0, 0.1) is 5.82 Å². The van der Waals surface area contributed by atoms with E-state index >= 15 is 0 Å². The van der Waals surface area contributed by atoms with Crippen LogP contribution in [0.1, 0.15) is 5.56 Å². The molecule has 0 unspecified atom stereocenters. The van der Waals surface area contributed by atoms with Gasteiger partial charge in [-0.25, -0.2) is 4.39 Å². The zero-order valence-corrected chi connectivity index (χ0v) is 13.4. The highest BCUT2D eigenvalue weighted by Gasteiger charge is 2.17. The summed E-state index contributed by atoms with van der Waals surface area (Å²) in [4.78, 5) is 6.48. The predicted molar refractivity (Wildman–Crippen MR) is 84.7 cm³/mol. The molecule has 1 aromatic carbocycles. The standard InChI is InChI=1S/C16H22FN5O/c1-23-16-3-2-14(12-15(16)17)13-21-8-6-20(7-9-21)10-11-22-18-4-5-19-22/h2-5,12H,6-11,13H2,1H3. The van der Waals surface area contributed by atoms with Gasteiger partial charge in [-0.15, -0.1) is 0 Å². The zero-order chi connectivity index (χ0) is 16.1. The number of ether oxygens (including phenoxy) is 1. The molecule has 0 aliphatic carbocycles. The van der Waals surface area contributed by atoms with Crippen LogP contribution >= 0.6 is 0 Å². The maximum atomic E-state index is 13.7. The summed E-state index contributed by atoms with van der Waals surface area (Å²) in [6.45, 7) is 6.55. The summed E-state index contributed by atoms with van der Waals surface area (Å²) in [6, 6.07) is 5.18. The number of benzene rings is 1. The Morgan fingerprint density at radius 3 is 2.39 bits per heavy atom. The van der Waals surface area contributed by atoms with Crippen molar-refractivity contribution < 1.29 is 9.13 Å². The van der Waals surface area contributed by atoms with E-state index in [0.29, 0.717) is 5.75 Å². The fraction of sp³-hybridized carbons (Fsp3) is 0.500. The van der Waals surface area contributed by atoms with E-state index in [4.69, 9.17) is 4.74 Å². The van der Waals surface area contributed by atoms with Crippen molar-refractivity contribution in [3.05, 3.63) is 42.0 Å². The van der Waals surface area contributed by atoms with Gasteiger partial charge in [0.2, 0.25) is 0 Å². The van der Waals surface area contributed by atoms with Crippen molar-refractivity contribution in [2.24, 2.45) is 0 Å². The molecule has 0 amide bonds. The molecule has 6 nitrogen and oxygen atoms in total. The van der Waals surface area contributed by atoms with E-state index in [-0.39, 0.29) is 5.82 Å². The van der Waals surface area contributed by atoms with E-state index in [2.05, 4.69) is 20.0 Å². The Bertz CT molecular complexity index is 611. The summed E-state index contributed by atoms with van der Waals surface area (Å²) >= 11 is 0. The monoisotopic (exact) mass is 319 g/mol. The third kappa shape index (κ3) is 4.27. The molecule has 0 radical (unpaired) electrons. The van der Waals surface area contributed by atoms with Crippen LogP contribution in [0.15, 0.2) is 30.6 Å². The van der Waals surface area contributed by atoms with Crippen molar-refractivity contribution in [1.29, 1.82) is 0 Å². The van der Waals surface area contributed by atoms with Crippen molar-refractivity contribution >= 4 is 0 Å². The van der Waals surface area contributed by atoms with E-state index in [1.165, 1.54) is 7.11 Å². The molecule has 1 aliphatic rings. The molecule has 7 heteroatoms. The van der Waals surface area contributed by atoms with Crippen molar-refractivity contribution in [1.82, 2.24) is 24.8 Å². The molecule has 0 atom stereocenters. The first kappa shape index (κ1) is 15.9. The van der Waals surface area contributed by atoms with Gasteiger partial charge in [0.25, 0.3) is 0 Å². The third-order valence-electron chi connectivity index (χ3n) is 4.17. The number of piperazine rings is 1. The molecule has 124 valence electrons. The van der Waals surface area contributed by atoms with Gasteiger partial charge in [-0.1, -0.05) is 6.07 Å². The lowest BCUT2D eigenvalue weighted by molar-refractivity contribution is 0.122. The number of aromatic nitrogens is 3. The number of hydrogen-bond donors (Lipinski definition) is 0. The fourth-order valence-electron chi connectivity index (χ4n) is 2.83. The second-order valence-electron chi connectivity index (χ2n) is 5.71. The van der Waals surface area contributed by atoms with Gasteiger partial charge in [0.1, 0.15) is 0 Å². The van der Waals surface area contributed by atoms with Gasteiger partial charge in [-0.05, 0) is 17.7 Å². The molecule has 1 aromatic heterocycles. The summed E-state index contributed by atoms with van der Waals surface area (Å²) in [6.07, 6.45) is 3.40. The largest absolute Gasteiger partial charge is 0.494 e. The topological polar surface area (TPSA) is 46.4 Å². The second kappa shape index (κ2) is 7.52. The maximum Gasteiger partial charge on any atom is 0.165 e. The number of rotatable bonds is 6. The minimum atomic E-state index is -0.296. The minimum absolute atomic E-state index is 0.296. The summed E-state index contributed by atoms with van der Waals surface area (Å²) in [7, 11) is 1.48. The molecular formula is C16H22FN5O. The van der Waals surface area contributed by atoms with Gasteiger partial charge in [-0.2, -0.15) is 15.0 Å². The Hall–Kier alpha value is -1.99. The summed E-state index contributed by atoms with van der Waals surface area (Å²) < 4.78 is 18.7. The normalized spacial score (nSPS) is 16.6. The molecule has 1 fully saturated rings. The SMILES string of the molecule is COc1ccc(CN2CCN(CCn3nccn3)CC2)cc1F. The van der Waals surface area contributed by atoms with Crippen LogP contribution in [0.25, 0.3) is 0 Å². The summed E-state index contributed by atoms with van der Waals surface area (Å²) in [5, 5.41) is 8.23. The number of nitrogens with zero attached hydrogens (tertiary/aromatic N) is 5. The quantitative estimate of drug-likeness (QED) is 0.802. The highest BCUT2D eigenvalue weighted by molar-refractivity contribution is 5.29. The third-order valence-corrected chi connectivity index (χ3v) is 4.17. The van der Waals surface area contributed by atoms with E-state index in [1.54, 1.807) is 29.3 Å². The van der Waals surface area contributed by atoms with E-state index < -0.39 is 0 Å². The Morgan fingerprint density at radius 2 is 1.74 bits per heavy atom. The molecule has 0 spiro atoms. The molecule has 0 N–H and O–H groups in total. The van der Waals surface area contributed by atoms with Gasteiger partial charge in [0, 0.05) is 39.3 Å². The average molecular weight is 319 g/mol. The number of hydrogen-bond acceptors (Lipinski definition) is 5. The van der Waals surface area contributed by atoms with Gasteiger partial charge in [0.05, 0.1) is 26.0 Å². The lowest BCUT2D eigenvalue weighted by Crippen LogP contribution is -2.46. The number of halogens is 1. The van der Waals surface area contributed by atoms with Gasteiger partial charge >= 0.3 is 0 Å². The fourth-order valence-corrected chi connectivity index (χ4v) is 2.83. The lowest BCUT2D eigenvalue weighted by atomic mass is 10.2. The van der Waals surface area contributed by atoms with Crippen molar-refractivity contribution in [2.75, 3.05) is 39.8 Å². The van der Waals surface area contributed by atoms with Gasteiger partial charge in [0.15, 0.2) is 11.6 Å². The minimum Gasteiger partial charge on any atom is -0.494 e. The molecule has 0 bridgehead atoms. The smallest absolute Gasteiger partial charge is 0.165 e. The Morgan fingerprint density at radius 1 is 1.04 bits per heavy atom. The molecular weight excluding hydrogens is 297 g/mol. The summed E-state index contributed by atoms with van der Waals surface area (Å²) in [5.74, 6) is 0.00107. The van der Waals surface area contributed by atoms with Crippen molar-refractivity contribution in [2.45, 2.75) is 13.1 Å². The highest BCUT2D eigenvalue weighted by Crippen LogP contribution is 2.19. The first-order chi connectivity index (χ1) is 11.2. The molecule has 1 saturated heterocycles. The van der Waals surface area contributed by atoms with Crippen LogP contribution in [-0.2, 0) is 13.1 Å². The average Bonchev–Trinajstić information content (AvgIpc) is 3.08. The Kier molecular flexibility index (Phi) is 5.19. The second-order valence-corrected chi connectivity index (χ2v) is 5.71. The summed E-state index contributed by atoms with van der Waals surface area (Å²) in [5.41, 5.74) is 0.984. The molecule has 2 aromatic rings. The van der Waals surface area contributed by atoms with E-state index in [0.717, 1.165) is 51.4 Å². The lowest BCUT2D eigenvalue weighted by Gasteiger charge is -2.34. The van der Waals surface area contributed by atoms with E-state index in [1.807, 2.05) is 6.07 Å². The van der Waals surface area contributed by atoms with E-state index in [9.17, 15) is 4.39 Å². The Balaban J connectivity index is 1.44. The zero-order valence-electron chi connectivity index (χ0n) is 13.4. The molecule has 23 heavy (non-hydrogen) atoms. The molecule has 2 heterocycles. The van der Waals surface area contributed by atoms with Crippen molar-refractivity contribution in [3.63, 3.8) is 0 Å². The van der Waals surface area contributed by atoms with Crippen LogP contribution in [-0.4, -0.2) is 64.6 Å². The van der Waals surface area contributed by atoms with Crippen LogP contribution in [0.4, 0.5) is 4.39 Å². The maximum absolute atomic E-state index is 13.7.